The van der Waals surface area contributed by atoms with E-state index in [4.69, 9.17) is 14.6 Å². The lowest BCUT2D eigenvalue weighted by molar-refractivity contribution is -0.157. The zero-order valence-corrected chi connectivity index (χ0v) is 42.2. The molecule has 0 fully saturated rings. The number of hydrogen-bond acceptors (Lipinski definition) is 9. The average molecular weight is 957 g/mol. The summed E-state index contributed by atoms with van der Waals surface area (Å²) in [5.41, 5.74) is 0.592. The second-order valence-electron chi connectivity index (χ2n) is 17.7. The molecule has 67 heavy (non-hydrogen) atoms. The summed E-state index contributed by atoms with van der Waals surface area (Å²) in [4.78, 5) is 73.1. The molecule has 0 saturated heterocycles. The zero-order valence-electron chi connectivity index (χ0n) is 41.4. The second kappa shape index (κ2) is 43.2. The highest BCUT2D eigenvalue weighted by Gasteiger charge is 2.22. The molecule has 13 heteroatoms. The van der Waals surface area contributed by atoms with E-state index < -0.39 is 36.4 Å². The molecule has 0 radical (unpaired) electrons. The van der Waals surface area contributed by atoms with Crippen molar-refractivity contribution in [3.05, 3.63) is 54.1 Å². The minimum atomic E-state index is -1.35. The van der Waals surface area contributed by atoms with Crippen LogP contribution in [0.4, 0.5) is 5.69 Å². The standard InChI is InChI=1S/C54H88N2O10S/c1-3-5-7-9-11-13-15-17-19-21-23-25-27-29-31-33-51(60)65-43-47(66-52(61)34-32-30-28-26-24-22-20-18-16-14-12-10-8-6-4-2)44-67-42-41-49(57)55-46-37-35-45(36-38-46)53(62)56-48(54(63)64)39-40-50(58)59/h17-20,35-38,47-48H,3-16,21-34,39-44H2,1-2H3,(H,55,57)(H,56,62)(H,58,59)(H,63,64)/b19-17-,20-18-. The minimum absolute atomic E-state index is 0.0338. The Hall–Kier alpha value is -4.13. The minimum Gasteiger partial charge on any atom is -0.481 e. The van der Waals surface area contributed by atoms with Gasteiger partial charge in [-0.3, -0.25) is 24.0 Å². The summed E-state index contributed by atoms with van der Waals surface area (Å²) in [5.74, 6) is -3.28. The number of amides is 2. The molecule has 0 aliphatic carbocycles. The number of anilines is 1. The van der Waals surface area contributed by atoms with Crippen LogP contribution in [0.2, 0.25) is 0 Å². The number of aliphatic carboxylic acids is 2. The Labute approximate surface area is 408 Å². The number of nitrogens with one attached hydrogen (secondary N) is 2. The van der Waals surface area contributed by atoms with Gasteiger partial charge in [0.2, 0.25) is 5.91 Å². The molecule has 2 atom stereocenters. The van der Waals surface area contributed by atoms with Crippen molar-refractivity contribution in [2.45, 2.75) is 225 Å². The Kier molecular flexibility index (Phi) is 39.2. The van der Waals surface area contributed by atoms with E-state index in [1.165, 1.54) is 126 Å². The van der Waals surface area contributed by atoms with Crippen molar-refractivity contribution in [3.8, 4) is 0 Å². The van der Waals surface area contributed by atoms with Crippen molar-refractivity contribution in [2.75, 3.05) is 23.4 Å². The molecule has 4 N–H and O–H groups in total. The summed E-state index contributed by atoms with van der Waals surface area (Å²) < 4.78 is 11.4. The van der Waals surface area contributed by atoms with Crippen molar-refractivity contribution in [3.63, 3.8) is 0 Å². The van der Waals surface area contributed by atoms with E-state index in [-0.39, 0.29) is 42.9 Å². The van der Waals surface area contributed by atoms with Crippen molar-refractivity contribution in [2.24, 2.45) is 0 Å². The number of carbonyl (C=O) groups is 6. The van der Waals surface area contributed by atoms with E-state index in [1.54, 1.807) is 0 Å². The number of ether oxygens (including phenoxy) is 2. The molecule has 0 heterocycles. The zero-order chi connectivity index (χ0) is 49.0. The van der Waals surface area contributed by atoms with Crippen LogP contribution in [-0.4, -0.2) is 76.2 Å². The van der Waals surface area contributed by atoms with Gasteiger partial charge in [-0.25, -0.2) is 4.79 Å². The van der Waals surface area contributed by atoms with Gasteiger partial charge in [-0.05, 0) is 94.9 Å². The van der Waals surface area contributed by atoms with E-state index >= 15 is 0 Å². The maximum absolute atomic E-state index is 12.9. The van der Waals surface area contributed by atoms with Crippen molar-refractivity contribution in [1.82, 2.24) is 5.32 Å². The smallest absolute Gasteiger partial charge is 0.326 e. The van der Waals surface area contributed by atoms with Crippen LogP contribution in [0.1, 0.15) is 223 Å². The van der Waals surface area contributed by atoms with E-state index in [0.717, 1.165) is 77.0 Å². The van der Waals surface area contributed by atoms with Gasteiger partial charge in [-0.2, -0.15) is 11.8 Å². The Balaban J connectivity index is 2.49. The number of unbranched alkanes of at least 4 members (excludes halogenated alkanes) is 22. The van der Waals surface area contributed by atoms with Gasteiger partial charge in [0.25, 0.3) is 5.91 Å². The van der Waals surface area contributed by atoms with Crippen LogP contribution in [0.25, 0.3) is 0 Å². The van der Waals surface area contributed by atoms with Crippen LogP contribution in [0.5, 0.6) is 0 Å². The Morgan fingerprint density at radius 3 is 1.52 bits per heavy atom. The maximum atomic E-state index is 12.9. The van der Waals surface area contributed by atoms with Crippen LogP contribution in [-0.2, 0) is 33.4 Å². The fraction of sp³-hybridized carbons (Fsp3) is 0.704. The molecule has 1 aromatic rings. The molecule has 2 unspecified atom stereocenters. The molecular weight excluding hydrogens is 869 g/mol. The van der Waals surface area contributed by atoms with E-state index in [1.807, 2.05) is 0 Å². The molecule has 1 rings (SSSR count). The van der Waals surface area contributed by atoms with Gasteiger partial charge in [0.1, 0.15) is 18.8 Å². The molecule has 2 amide bonds. The number of hydrogen-bond donors (Lipinski definition) is 4. The number of allylic oxidation sites excluding steroid dienone is 4. The van der Waals surface area contributed by atoms with Gasteiger partial charge in [0.15, 0.2) is 0 Å². The molecule has 0 aliphatic rings. The molecular formula is C54H88N2O10S. The summed E-state index contributed by atoms with van der Waals surface area (Å²) in [7, 11) is 0. The van der Waals surface area contributed by atoms with Gasteiger partial charge < -0.3 is 30.3 Å². The lowest BCUT2D eigenvalue weighted by Gasteiger charge is -2.18. The first kappa shape index (κ1) is 60.9. The van der Waals surface area contributed by atoms with Crippen molar-refractivity contribution in [1.29, 1.82) is 0 Å². The van der Waals surface area contributed by atoms with E-state index in [2.05, 4.69) is 48.8 Å². The van der Waals surface area contributed by atoms with Gasteiger partial charge >= 0.3 is 23.9 Å². The first-order valence-electron chi connectivity index (χ1n) is 25.9. The first-order valence-corrected chi connectivity index (χ1v) is 27.1. The quantitative estimate of drug-likeness (QED) is 0.0277. The number of carboxylic acid groups (broad SMARTS) is 2. The number of benzene rings is 1. The average Bonchev–Trinajstić information content (AvgIpc) is 3.30. The summed E-state index contributed by atoms with van der Waals surface area (Å²) in [5, 5.41) is 23.3. The molecule has 12 nitrogen and oxygen atoms in total. The number of esters is 2. The van der Waals surface area contributed by atoms with E-state index in [9.17, 15) is 33.9 Å². The maximum Gasteiger partial charge on any atom is 0.326 e. The fourth-order valence-electron chi connectivity index (χ4n) is 7.37. The SMILES string of the molecule is CCCCCCCC/C=C\CCCCCCCC(=O)OCC(CSCCC(=O)Nc1ccc(C(=O)NC(CCC(=O)O)C(=O)O)cc1)OC(=O)CCCCCCC/C=C\CCCCCCCC. The molecule has 1 aromatic carbocycles. The van der Waals surface area contributed by atoms with Crippen LogP contribution in [0.15, 0.2) is 48.6 Å². The molecule has 0 saturated carbocycles. The summed E-state index contributed by atoms with van der Waals surface area (Å²) in [6.07, 6.45) is 39.3. The highest BCUT2D eigenvalue weighted by molar-refractivity contribution is 7.99. The summed E-state index contributed by atoms with van der Waals surface area (Å²) in [6, 6.07) is 4.55. The molecule has 0 aliphatic heterocycles. The van der Waals surface area contributed by atoms with Crippen LogP contribution < -0.4 is 10.6 Å². The number of carbonyl (C=O) groups excluding carboxylic acids is 4. The third-order valence-corrected chi connectivity index (χ3v) is 12.6. The van der Waals surface area contributed by atoms with Gasteiger partial charge in [-0.1, -0.05) is 141 Å². The van der Waals surface area contributed by atoms with Crippen LogP contribution in [0, 0.1) is 0 Å². The fourth-order valence-corrected chi connectivity index (χ4v) is 8.30. The van der Waals surface area contributed by atoms with Crippen LogP contribution in [0.3, 0.4) is 0 Å². The summed E-state index contributed by atoms with van der Waals surface area (Å²) >= 11 is 1.43. The number of thioether (sulfide) groups is 1. The molecule has 0 aromatic heterocycles. The third kappa shape index (κ3) is 37.5. The van der Waals surface area contributed by atoms with Gasteiger partial charge in [-0.15, -0.1) is 0 Å². The Morgan fingerprint density at radius 2 is 1.04 bits per heavy atom. The highest BCUT2D eigenvalue weighted by atomic mass is 32.2. The summed E-state index contributed by atoms with van der Waals surface area (Å²) in [6.45, 7) is 4.46. The Morgan fingerprint density at radius 1 is 0.582 bits per heavy atom. The third-order valence-electron chi connectivity index (χ3n) is 11.5. The van der Waals surface area contributed by atoms with Gasteiger partial charge in [0.05, 0.1) is 0 Å². The van der Waals surface area contributed by atoms with Gasteiger partial charge in [0, 0.05) is 48.4 Å². The van der Waals surface area contributed by atoms with E-state index in [0.29, 0.717) is 30.0 Å². The number of carboxylic acids is 2. The Bertz CT molecular complexity index is 1530. The first-order chi connectivity index (χ1) is 32.5. The molecule has 380 valence electrons. The lowest BCUT2D eigenvalue weighted by atomic mass is 10.1. The normalized spacial score (nSPS) is 12.3. The highest BCUT2D eigenvalue weighted by Crippen LogP contribution is 2.16. The van der Waals surface area contributed by atoms with Crippen molar-refractivity contribution >= 4 is 53.1 Å². The monoisotopic (exact) mass is 957 g/mol. The lowest BCUT2D eigenvalue weighted by Crippen LogP contribution is -2.41. The topological polar surface area (TPSA) is 185 Å². The molecule has 0 spiro atoms. The van der Waals surface area contributed by atoms with Crippen LogP contribution >= 0.6 is 11.8 Å². The van der Waals surface area contributed by atoms with Crippen molar-refractivity contribution < 1.29 is 48.5 Å². The predicted octanol–water partition coefficient (Wildman–Crippen LogP) is 13.3. The number of rotatable bonds is 45. The second-order valence-corrected chi connectivity index (χ2v) is 18.9. The molecule has 0 bridgehead atoms. The predicted molar refractivity (Wildman–Crippen MR) is 273 cm³/mol. The largest absolute Gasteiger partial charge is 0.481 e.